The lowest BCUT2D eigenvalue weighted by Gasteiger charge is -2.02. The number of ether oxygens (including phenoxy) is 1. The number of Topliss-reactive ketones (excluding diaryl/α,β-unsaturated/α-hetero) is 1. The number of ketones is 1. The van der Waals surface area contributed by atoms with E-state index in [4.69, 9.17) is 9.15 Å². The van der Waals surface area contributed by atoms with Gasteiger partial charge in [-0.25, -0.2) is 0 Å². The Balaban J connectivity index is 2.81. The van der Waals surface area contributed by atoms with Crippen LogP contribution in [-0.2, 0) is 0 Å². The number of nitrogens with zero attached hydrogens (tertiary/aromatic N) is 1. The lowest BCUT2D eigenvalue weighted by atomic mass is 10.1. The number of fused-ring (bicyclic) bond motifs is 1. The molecule has 0 saturated carbocycles. The van der Waals surface area contributed by atoms with E-state index in [1.54, 1.807) is 6.07 Å². The second-order valence-electron chi connectivity index (χ2n) is 3.46. The first-order valence-electron chi connectivity index (χ1n) is 4.80. The molecule has 2 aromatic rings. The van der Waals surface area contributed by atoms with Gasteiger partial charge in [0.05, 0.1) is 24.1 Å². The Hall–Kier alpha value is -2.37. The summed E-state index contributed by atoms with van der Waals surface area (Å²) in [7, 11) is 1.45. The van der Waals surface area contributed by atoms with Gasteiger partial charge in [-0.1, -0.05) is 0 Å². The summed E-state index contributed by atoms with van der Waals surface area (Å²) in [5.41, 5.74) is 0.484. The molecule has 6 nitrogen and oxygen atoms in total. The molecule has 0 bridgehead atoms. The summed E-state index contributed by atoms with van der Waals surface area (Å²) in [6.07, 6.45) is 0. The molecular formula is C11H9NO5. The fourth-order valence-corrected chi connectivity index (χ4v) is 1.63. The second-order valence-corrected chi connectivity index (χ2v) is 3.46. The maximum absolute atomic E-state index is 11.4. The van der Waals surface area contributed by atoms with Gasteiger partial charge >= 0.3 is 5.88 Å². The SMILES string of the molecule is COc1ccc(C(C)=O)c2oc([N+](=O)[O-])cc12. The van der Waals surface area contributed by atoms with Crippen LogP contribution in [0.3, 0.4) is 0 Å². The van der Waals surface area contributed by atoms with E-state index in [0.29, 0.717) is 16.7 Å². The van der Waals surface area contributed by atoms with Crippen LogP contribution in [-0.4, -0.2) is 17.8 Å². The maximum Gasteiger partial charge on any atom is 0.434 e. The Bertz CT molecular complexity index is 614. The maximum atomic E-state index is 11.4. The van der Waals surface area contributed by atoms with Crippen molar-refractivity contribution >= 4 is 22.6 Å². The number of carbonyl (C=O) groups excluding carboxylic acids is 1. The second kappa shape index (κ2) is 3.89. The van der Waals surface area contributed by atoms with Crippen LogP contribution in [0.1, 0.15) is 17.3 Å². The molecule has 0 saturated heterocycles. The van der Waals surface area contributed by atoms with Crippen molar-refractivity contribution in [3.8, 4) is 5.75 Å². The highest BCUT2D eigenvalue weighted by molar-refractivity contribution is 6.06. The summed E-state index contributed by atoms with van der Waals surface area (Å²) < 4.78 is 10.1. The van der Waals surface area contributed by atoms with Crippen molar-refractivity contribution in [3.05, 3.63) is 33.9 Å². The lowest BCUT2D eigenvalue weighted by molar-refractivity contribution is -0.401. The van der Waals surface area contributed by atoms with Gasteiger partial charge in [0, 0.05) is 0 Å². The molecule has 88 valence electrons. The fraction of sp³-hybridized carbons (Fsp3) is 0.182. The number of hydrogen-bond acceptors (Lipinski definition) is 5. The molecule has 17 heavy (non-hydrogen) atoms. The lowest BCUT2D eigenvalue weighted by Crippen LogP contribution is -1.93. The third-order valence-electron chi connectivity index (χ3n) is 2.41. The van der Waals surface area contributed by atoms with Crippen molar-refractivity contribution in [1.82, 2.24) is 0 Å². The summed E-state index contributed by atoms with van der Waals surface area (Å²) >= 11 is 0. The molecule has 0 N–H and O–H groups in total. The summed E-state index contributed by atoms with van der Waals surface area (Å²) in [4.78, 5) is 21.4. The number of benzene rings is 1. The highest BCUT2D eigenvalue weighted by Crippen LogP contribution is 2.34. The van der Waals surface area contributed by atoms with Crippen LogP contribution in [0.15, 0.2) is 22.6 Å². The molecule has 0 atom stereocenters. The molecule has 1 aromatic heterocycles. The van der Waals surface area contributed by atoms with Gasteiger partial charge in [0.2, 0.25) is 0 Å². The van der Waals surface area contributed by atoms with Crippen LogP contribution < -0.4 is 4.74 Å². The van der Waals surface area contributed by atoms with E-state index in [-0.39, 0.29) is 11.4 Å². The number of furan rings is 1. The molecule has 0 radical (unpaired) electrons. The first-order chi connectivity index (χ1) is 8.04. The van der Waals surface area contributed by atoms with Crippen molar-refractivity contribution < 1.29 is 18.9 Å². The summed E-state index contributed by atoms with van der Waals surface area (Å²) in [6.45, 7) is 1.37. The Labute approximate surface area is 95.9 Å². The first kappa shape index (κ1) is 11.1. The Morgan fingerprint density at radius 1 is 1.47 bits per heavy atom. The van der Waals surface area contributed by atoms with Crippen LogP contribution in [0, 0.1) is 10.1 Å². The van der Waals surface area contributed by atoms with Crippen molar-refractivity contribution in [2.24, 2.45) is 0 Å². The standard InChI is InChI=1S/C11H9NO5/c1-6(13)7-3-4-9(16-2)8-5-10(12(14)15)17-11(7)8/h3-5H,1-2H3. The highest BCUT2D eigenvalue weighted by atomic mass is 16.6. The minimum Gasteiger partial charge on any atom is -0.496 e. The van der Waals surface area contributed by atoms with Crippen molar-refractivity contribution in [2.75, 3.05) is 7.11 Å². The molecule has 2 rings (SSSR count). The van der Waals surface area contributed by atoms with Crippen LogP contribution >= 0.6 is 0 Å². The monoisotopic (exact) mass is 235 g/mol. The summed E-state index contributed by atoms with van der Waals surface area (Å²) in [5, 5.41) is 11.1. The van der Waals surface area contributed by atoms with Gasteiger partial charge in [0.25, 0.3) is 0 Å². The molecule has 0 aliphatic heterocycles. The number of rotatable bonds is 3. The largest absolute Gasteiger partial charge is 0.496 e. The summed E-state index contributed by atoms with van der Waals surface area (Å²) in [5.74, 6) is -0.198. The van der Waals surface area contributed by atoms with E-state index >= 15 is 0 Å². The zero-order chi connectivity index (χ0) is 12.6. The predicted octanol–water partition coefficient (Wildman–Crippen LogP) is 2.55. The number of hydrogen-bond donors (Lipinski definition) is 0. The predicted molar refractivity (Wildman–Crippen MR) is 59.4 cm³/mol. The molecule has 1 heterocycles. The van der Waals surface area contributed by atoms with Gasteiger partial charge in [-0.3, -0.25) is 14.9 Å². The van der Waals surface area contributed by atoms with E-state index < -0.39 is 10.8 Å². The zero-order valence-electron chi connectivity index (χ0n) is 9.22. The van der Waals surface area contributed by atoms with Crippen LogP contribution in [0.25, 0.3) is 11.0 Å². The normalized spacial score (nSPS) is 10.5. The molecule has 0 spiro atoms. The number of carbonyl (C=O) groups is 1. The van der Waals surface area contributed by atoms with E-state index in [0.717, 1.165) is 0 Å². The van der Waals surface area contributed by atoms with Gasteiger partial charge in [-0.2, -0.15) is 0 Å². The minimum atomic E-state index is -0.649. The third kappa shape index (κ3) is 1.73. The third-order valence-corrected chi connectivity index (χ3v) is 2.41. The van der Waals surface area contributed by atoms with Crippen molar-refractivity contribution in [1.29, 1.82) is 0 Å². The molecule has 0 unspecified atom stereocenters. The van der Waals surface area contributed by atoms with Gasteiger partial charge in [-0.05, 0) is 19.1 Å². The molecule has 0 amide bonds. The quantitative estimate of drug-likeness (QED) is 0.463. The van der Waals surface area contributed by atoms with Crippen LogP contribution in [0.2, 0.25) is 0 Å². The Morgan fingerprint density at radius 2 is 2.18 bits per heavy atom. The number of methoxy groups -OCH3 is 1. The molecular weight excluding hydrogens is 226 g/mol. The van der Waals surface area contributed by atoms with E-state index in [2.05, 4.69) is 0 Å². The number of nitro groups is 1. The van der Waals surface area contributed by atoms with Crippen LogP contribution in [0.5, 0.6) is 5.75 Å². The highest BCUT2D eigenvalue weighted by Gasteiger charge is 2.20. The first-order valence-corrected chi connectivity index (χ1v) is 4.80. The van der Waals surface area contributed by atoms with Crippen molar-refractivity contribution in [2.45, 2.75) is 6.92 Å². The topological polar surface area (TPSA) is 82.6 Å². The molecule has 0 aliphatic carbocycles. The Kier molecular flexibility index (Phi) is 2.55. The minimum absolute atomic E-state index is 0.184. The van der Waals surface area contributed by atoms with Crippen molar-refractivity contribution in [3.63, 3.8) is 0 Å². The van der Waals surface area contributed by atoms with Gasteiger partial charge < -0.3 is 9.15 Å². The van der Waals surface area contributed by atoms with Crippen LogP contribution in [0.4, 0.5) is 5.88 Å². The molecule has 0 aliphatic rings. The van der Waals surface area contributed by atoms with E-state index in [1.165, 1.54) is 26.2 Å². The Morgan fingerprint density at radius 3 is 2.71 bits per heavy atom. The zero-order valence-corrected chi connectivity index (χ0v) is 9.22. The average Bonchev–Trinajstić information content (AvgIpc) is 2.71. The van der Waals surface area contributed by atoms with Gasteiger partial charge in [-0.15, -0.1) is 0 Å². The smallest absolute Gasteiger partial charge is 0.434 e. The fourth-order valence-electron chi connectivity index (χ4n) is 1.63. The molecule has 1 aromatic carbocycles. The average molecular weight is 235 g/mol. The van der Waals surface area contributed by atoms with E-state index in [9.17, 15) is 14.9 Å². The van der Waals surface area contributed by atoms with Gasteiger partial charge in [0.15, 0.2) is 11.4 Å². The molecule has 0 fully saturated rings. The molecule has 6 heteroatoms. The van der Waals surface area contributed by atoms with Gasteiger partial charge in [0.1, 0.15) is 10.7 Å². The van der Waals surface area contributed by atoms with E-state index in [1.807, 2.05) is 0 Å². The summed E-state index contributed by atoms with van der Waals surface area (Å²) in [6, 6.07) is 4.36.